The van der Waals surface area contributed by atoms with Crippen LogP contribution in [0.25, 0.3) is 0 Å². The molecule has 0 unspecified atom stereocenters. The van der Waals surface area contributed by atoms with Gasteiger partial charge in [0.1, 0.15) is 11.3 Å². The molecule has 1 rings (SSSR count). The Morgan fingerprint density at radius 3 is 2.43 bits per heavy atom. The Bertz CT molecular complexity index is 475. The van der Waals surface area contributed by atoms with E-state index in [0.29, 0.717) is 12.7 Å². The molecule has 0 fully saturated rings. The zero-order valence-electron chi connectivity index (χ0n) is 11.8. The van der Waals surface area contributed by atoms with Gasteiger partial charge < -0.3 is 4.74 Å². The maximum atomic E-state index is 12.8. The first kappa shape index (κ1) is 17.3. The van der Waals surface area contributed by atoms with Crippen LogP contribution in [0.4, 0.5) is 18.9 Å². The van der Waals surface area contributed by atoms with Crippen molar-refractivity contribution < 1.29 is 22.8 Å². The smallest absolute Gasteiger partial charge is 0.423 e. The number of unbranched alkanes of at least 4 members (excludes halogenated alkanes) is 4. The van der Waals surface area contributed by atoms with Crippen LogP contribution >= 0.6 is 0 Å². The Kier molecular flexibility index (Phi) is 6.45. The first-order chi connectivity index (χ1) is 9.86. The summed E-state index contributed by atoms with van der Waals surface area (Å²) in [5, 5.41) is 10.6. The molecule has 1 aromatic carbocycles. The van der Waals surface area contributed by atoms with Crippen LogP contribution < -0.4 is 4.74 Å². The van der Waals surface area contributed by atoms with Crippen molar-refractivity contribution >= 4 is 5.69 Å². The average Bonchev–Trinajstić information content (AvgIpc) is 2.41. The van der Waals surface area contributed by atoms with E-state index in [0.717, 1.165) is 38.2 Å². The molecule has 0 saturated heterocycles. The van der Waals surface area contributed by atoms with Gasteiger partial charge in [-0.3, -0.25) is 10.1 Å². The van der Waals surface area contributed by atoms with E-state index in [9.17, 15) is 23.3 Å². The predicted molar refractivity (Wildman–Crippen MR) is 72.4 cm³/mol. The van der Waals surface area contributed by atoms with Gasteiger partial charge in [0.15, 0.2) is 0 Å². The minimum Gasteiger partial charge on any atom is -0.494 e. The summed E-state index contributed by atoms with van der Waals surface area (Å²) in [7, 11) is 0. The topological polar surface area (TPSA) is 52.4 Å². The molecule has 4 nitrogen and oxygen atoms in total. The molecule has 0 bridgehead atoms. The standard InChI is InChI=1S/C14H18F3NO3/c1-2-3-4-5-6-9-21-11-7-8-13(18(19)20)12(10-11)14(15,16)17/h7-8,10H,2-6,9H2,1H3. The number of hydrogen-bond donors (Lipinski definition) is 0. The zero-order valence-corrected chi connectivity index (χ0v) is 11.8. The Balaban J connectivity index is 2.66. The molecule has 0 aliphatic carbocycles. The number of rotatable bonds is 8. The molecule has 118 valence electrons. The van der Waals surface area contributed by atoms with Gasteiger partial charge in [0, 0.05) is 6.07 Å². The van der Waals surface area contributed by atoms with Crippen molar-refractivity contribution in [2.45, 2.75) is 45.2 Å². The Hall–Kier alpha value is -1.79. The van der Waals surface area contributed by atoms with E-state index in [4.69, 9.17) is 4.74 Å². The Morgan fingerprint density at radius 2 is 1.86 bits per heavy atom. The van der Waals surface area contributed by atoms with E-state index >= 15 is 0 Å². The van der Waals surface area contributed by atoms with Gasteiger partial charge in [-0.1, -0.05) is 32.6 Å². The molecule has 0 saturated carbocycles. The molecule has 0 aromatic heterocycles. The SMILES string of the molecule is CCCCCCCOc1ccc([N+](=O)[O-])c(C(F)(F)F)c1. The summed E-state index contributed by atoms with van der Waals surface area (Å²) < 4.78 is 43.5. The normalized spacial score (nSPS) is 11.4. The van der Waals surface area contributed by atoms with Crippen molar-refractivity contribution in [2.75, 3.05) is 6.61 Å². The Morgan fingerprint density at radius 1 is 1.19 bits per heavy atom. The number of nitro groups is 1. The third kappa shape index (κ3) is 5.61. The molecular weight excluding hydrogens is 287 g/mol. The largest absolute Gasteiger partial charge is 0.494 e. The highest BCUT2D eigenvalue weighted by Gasteiger charge is 2.38. The van der Waals surface area contributed by atoms with E-state index < -0.39 is 22.4 Å². The van der Waals surface area contributed by atoms with Crippen molar-refractivity contribution in [1.29, 1.82) is 0 Å². The quantitative estimate of drug-likeness (QED) is 0.387. The highest BCUT2D eigenvalue weighted by atomic mass is 19.4. The minimum absolute atomic E-state index is 0.00316. The maximum Gasteiger partial charge on any atom is 0.423 e. The molecule has 1 aromatic rings. The number of hydrogen-bond acceptors (Lipinski definition) is 3. The second-order valence-corrected chi connectivity index (χ2v) is 4.70. The molecule has 0 heterocycles. The molecule has 0 aliphatic heterocycles. The van der Waals surface area contributed by atoms with Crippen molar-refractivity contribution in [3.8, 4) is 5.75 Å². The summed E-state index contributed by atoms with van der Waals surface area (Å²) in [6.07, 6.45) is 0.218. The van der Waals surface area contributed by atoms with Gasteiger partial charge in [-0.15, -0.1) is 0 Å². The lowest BCUT2D eigenvalue weighted by Crippen LogP contribution is -2.09. The third-order valence-corrected chi connectivity index (χ3v) is 2.99. The summed E-state index contributed by atoms with van der Waals surface area (Å²) in [5.74, 6) is 0.00316. The maximum absolute atomic E-state index is 12.8. The van der Waals surface area contributed by atoms with Crippen LogP contribution in [0.5, 0.6) is 5.75 Å². The lowest BCUT2D eigenvalue weighted by Gasteiger charge is -2.10. The molecule has 0 N–H and O–H groups in total. The molecule has 0 aliphatic rings. The van der Waals surface area contributed by atoms with Crippen molar-refractivity contribution in [3.63, 3.8) is 0 Å². The number of benzene rings is 1. The fourth-order valence-corrected chi connectivity index (χ4v) is 1.89. The summed E-state index contributed by atoms with van der Waals surface area (Å²) in [5.41, 5.74) is -2.24. The second-order valence-electron chi connectivity index (χ2n) is 4.70. The molecule has 0 atom stereocenters. The van der Waals surface area contributed by atoms with Gasteiger partial charge in [0.25, 0.3) is 5.69 Å². The number of nitrogens with zero attached hydrogens (tertiary/aromatic N) is 1. The van der Waals surface area contributed by atoms with Crippen molar-refractivity contribution in [3.05, 3.63) is 33.9 Å². The highest BCUT2D eigenvalue weighted by molar-refractivity contribution is 5.46. The minimum atomic E-state index is -4.77. The fourth-order valence-electron chi connectivity index (χ4n) is 1.89. The van der Waals surface area contributed by atoms with Crippen LogP contribution in [-0.4, -0.2) is 11.5 Å². The van der Waals surface area contributed by atoms with E-state index in [2.05, 4.69) is 6.92 Å². The van der Waals surface area contributed by atoms with E-state index in [1.165, 1.54) is 6.07 Å². The highest BCUT2D eigenvalue weighted by Crippen LogP contribution is 2.38. The average molecular weight is 305 g/mol. The Labute approximate surface area is 121 Å². The van der Waals surface area contributed by atoms with Crippen LogP contribution in [0, 0.1) is 10.1 Å². The molecular formula is C14H18F3NO3. The lowest BCUT2D eigenvalue weighted by molar-refractivity contribution is -0.388. The molecule has 21 heavy (non-hydrogen) atoms. The van der Waals surface area contributed by atoms with Crippen LogP contribution in [0.2, 0.25) is 0 Å². The van der Waals surface area contributed by atoms with Gasteiger partial charge in [-0.25, -0.2) is 0 Å². The monoisotopic (exact) mass is 305 g/mol. The zero-order chi connectivity index (χ0) is 15.9. The first-order valence-electron chi connectivity index (χ1n) is 6.84. The number of alkyl halides is 3. The van der Waals surface area contributed by atoms with Gasteiger partial charge in [-0.05, 0) is 18.6 Å². The summed E-state index contributed by atoms with van der Waals surface area (Å²) >= 11 is 0. The van der Waals surface area contributed by atoms with Gasteiger partial charge in [-0.2, -0.15) is 13.2 Å². The first-order valence-corrected chi connectivity index (χ1v) is 6.84. The van der Waals surface area contributed by atoms with Crippen LogP contribution in [-0.2, 0) is 6.18 Å². The summed E-state index contributed by atoms with van der Waals surface area (Å²) in [6, 6.07) is 2.71. The lowest BCUT2D eigenvalue weighted by atomic mass is 10.1. The van der Waals surface area contributed by atoms with E-state index in [1.807, 2.05) is 0 Å². The molecule has 0 radical (unpaired) electrons. The van der Waals surface area contributed by atoms with Gasteiger partial charge in [0.2, 0.25) is 0 Å². The van der Waals surface area contributed by atoms with E-state index in [1.54, 1.807) is 0 Å². The second kappa shape index (κ2) is 7.85. The molecule has 0 amide bonds. The van der Waals surface area contributed by atoms with Gasteiger partial charge in [0.05, 0.1) is 11.5 Å². The number of halogens is 3. The van der Waals surface area contributed by atoms with Crippen LogP contribution in [0.3, 0.4) is 0 Å². The molecule has 7 heteroatoms. The van der Waals surface area contributed by atoms with Crippen molar-refractivity contribution in [1.82, 2.24) is 0 Å². The summed E-state index contributed by atoms with van der Waals surface area (Å²) in [4.78, 5) is 9.56. The number of nitro benzene ring substituents is 1. The van der Waals surface area contributed by atoms with Crippen LogP contribution in [0.1, 0.15) is 44.6 Å². The van der Waals surface area contributed by atoms with E-state index in [-0.39, 0.29) is 5.75 Å². The van der Waals surface area contributed by atoms with Gasteiger partial charge >= 0.3 is 6.18 Å². The van der Waals surface area contributed by atoms with Crippen LogP contribution in [0.15, 0.2) is 18.2 Å². The number of ether oxygens (including phenoxy) is 1. The predicted octanol–water partition coefficient (Wildman–Crippen LogP) is 4.96. The fraction of sp³-hybridized carbons (Fsp3) is 0.571. The van der Waals surface area contributed by atoms with Crippen molar-refractivity contribution in [2.24, 2.45) is 0 Å². The third-order valence-electron chi connectivity index (χ3n) is 2.99. The summed E-state index contributed by atoms with van der Waals surface area (Å²) in [6.45, 7) is 2.39. The molecule has 0 spiro atoms.